The van der Waals surface area contributed by atoms with Gasteiger partial charge in [-0.25, -0.2) is 0 Å². The van der Waals surface area contributed by atoms with E-state index in [1.54, 1.807) is 11.3 Å². The molecule has 0 aliphatic carbocycles. The molecule has 1 aromatic rings. The van der Waals surface area contributed by atoms with Crippen molar-refractivity contribution in [3.63, 3.8) is 0 Å². The maximum atomic E-state index is 12.2. The molecule has 2 nitrogen and oxygen atoms in total. The molecular formula is C12H18O2S. The number of Topliss-reactive ketones (excluding diaryl/α,β-unsaturated/α-hetero) is 1. The van der Waals surface area contributed by atoms with Crippen LogP contribution in [0.1, 0.15) is 42.4 Å². The molecule has 1 rings (SSSR count). The first-order valence-corrected chi connectivity index (χ1v) is 6.15. The van der Waals surface area contributed by atoms with Crippen LogP contribution < -0.4 is 0 Å². The van der Waals surface area contributed by atoms with Gasteiger partial charge in [-0.15, -0.1) is 11.3 Å². The molecule has 1 aromatic heterocycles. The lowest BCUT2D eigenvalue weighted by Gasteiger charge is -2.26. The van der Waals surface area contributed by atoms with E-state index < -0.39 is 5.60 Å². The van der Waals surface area contributed by atoms with Crippen molar-refractivity contribution < 1.29 is 9.53 Å². The molecule has 0 N–H and O–H groups in total. The van der Waals surface area contributed by atoms with Crippen LogP contribution in [0.2, 0.25) is 0 Å². The maximum Gasteiger partial charge on any atom is 0.195 e. The number of carbonyl (C=O) groups excluding carboxylic acids is 1. The first-order valence-electron chi connectivity index (χ1n) is 5.27. The van der Waals surface area contributed by atoms with Crippen LogP contribution in [0.15, 0.2) is 11.4 Å². The average Bonchev–Trinajstić information content (AvgIpc) is 2.64. The molecule has 0 aliphatic heterocycles. The van der Waals surface area contributed by atoms with Crippen LogP contribution in [0, 0.1) is 6.92 Å². The van der Waals surface area contributed by atoms with Crippen molar-refractivity contribution in [1.29, 1.82) is 0 Å². The largest absolute Gasteiger partial charge is 0.367 e. The lowest BCUT2D eigenvalue weighted by molar-refractivity contribution is -0.0115. The third-order valence-corrected chi connectivity index (χ3v) is 3.47. The third-order valence-electron chi connectivity index (χ3n) is 2.61. The Morgan fingerprint density at radius 1 is 1.53 bits per heavy atom. The van der Waals surface area contributed by atoms with Gasteiger partial charge in [0.25, 0.3) is 0 Å². The van der Waals surface area contributed by atoms with E-state index in [9.17, 15) is 4.79 Å². The Morgan fingerprint density at radius 3 is 2.60 bits per heavy atom. The fourth-order valence-electron chi connectivity index (χ4n) is 1.51. The normalized spacial score (nSPS) is 14.9. The molecule has 0 fully saturated rings. The maximum absolute atomic E-state index is 12.2. The van der Waals surface area contributed by atoms with Crippen molar-refractivity contribution in [2.45, 2.75) is 39.7 Å². The van der Waals surface area contributed by atoms with Gasteiger partial charge in [0.15, 0.2) is 5.78 Å². The molecule has 1 unspecified atom stereocenters. The predicted molar refractivity (Wildman–Crippen MR) is 63.7 cm³/mol. The Labute approximate surface area is 95.3 Å². The number of ketones is 1. The molecule has 84 valence electrons. The van der Waals surface area contributed by atoms with Crippen molar-refractivity contribution >= 4 is 17.1 Å². The molecule has 0 radical (unpaired) electrons. The molecule has 0 saturated carbocycles. The van der Waals surface area contributed by atoms with E-state index in [0.717, 1.165) is 10.4 Å². The molecule has 0 spiro atoms. The molecule has 1 atom stereocenters. The SMILES string of the molecule is CCOC(C)(CC)C(=O)c1csc(C)c1. The molecule has 0 aromatic carbocycles. The number of aryl methyl sites for hydroxylation is 1. The van der Waals surface area contributed by atoms with Gasteiger partial charge in [0.2, 0.25) is 0 Å². The molecule has 15 heavy (non-hydrogen) atoms. The summed E-state index contributed by atoms with van der Waals surface area (Å²) in [5.74, 6) is 0.0937. The zero-order valence-corrected chi connectivity index (χ0v) is 10.6. The Kier molecular flexibility index (Phi) is 4.05. The monoisotopic (exact) mass is 226 g/mol. The van der Waals surface area contributed by atoms with Crippen LogP contribution in [0.4, 0.5) is 0 Å². The van der Waals surface area contributed by atoms with E-state index in [0.29, 0.717) is 13.0 Å². The van der Waals surface area contributed by atoms with Gasteiger partial charge >= 0.3 is 0 Å². The lowest BCUT2D eigenvalue weighted by atomic mass is 9.93. The van der Waals surface area contributed by atoms with Gasteiger partial charge < -0.3 is 4.74 Å². The summed E-state index contributed by atoms with van der Waals surface area (Å²) in [6.07, 6.45) is 0.703. The Morgan fingerprint density at radius 2 is 2.20 bits per heavy atom. The quantitative estimate of drug-likeness (QED) is 0.719. The summed E-state index contributed by atoms with van der Waals surface area (Å²) < 4.78 is 5.56. The summed E-state index contributed by atoms with van der Waals surface area (Å²) in [6.45, 7) is 8.34. The highest BCUT2D eigenvalue weighted by Gasteiger charge is 2.32. The van der Waals surface area contributed by atoms with Crippen molar-refractivity contribution in [1.82, 2.24) is 0 Å². The second-order valence-corrected chi connectivity index (χ2v) is 4.91. The van der Waals surface area contributed by atoms with E-state index in [-0.39, 0.29) is 5.78 Å². The van der Waals surface area contributed by atoms with Gasteiger partial charge in [-0.2, -0.15) is 0 Å². The summed E-state index contributed by atoms with van der Waals surface area (Å²) >= 11 is 1.60. The number of rotatable bonds is 5. The molecule has 3 heteroatoms. The van der Waals surface area contributed by atoms with Gasteiger partial charge in [0.1, 0.15) is 5.60 Å². The number of thiophene rings is 1. The van der Waals surface area contributed by atoms with Gasteiger partial charge in [-0.05, 0) is 33.3 Å². The van der Waals surface area contributed by atoms with Gasteiger partial charge in [-0.3, -0.25) is 4.79 Å². The average molecular weight is 226 g/mol. The Hall–Kier alpha value is -0.670. The minimum atomic E-state index is -0.664. The zero-order valence-electron chi connectivity index (χ0n) is 9.79. The summed E-state index contributed by atoms with van der Waals surface area (Å²) in [7, 11) is 0. The number of carbonyl (C=O) groups is 1. The van der Waals surface area contributed by atoms with E-state index in [2.05, 4.69) is 0 Å². The molecular weight excluding hydrogens is 208 g/mol. The second-order valence-electron chi connectivity index (χ2n) is 3.79. The van der Waals surface area contributed by atoms with Crippen LogP contribution in [-0.4, -0.2) is 18.0 Å². The van der Waals surface area contributed by atoms with E-state index in [1.165, 1.54) is 0 Å². The predicted octanol–water partition coefficient (Wildman–Crippen LogP) is 3.44. The number of ether oxygens (including phenoxy) is 1. The first-order chi connectivity index (χ1) is 7.03. The number of hydrogen-bond donors (Lipinski definition) is 0. The highest BCUT2D eigenvalue weighted by atomic mass is 32.1. The van der Waals surface area contributed by atoms with Gasteiger partial charge in [0.05, 0.1) is 0 Å². The van der Waals surface area contributed by atoms with Crippen molar-refractivity contribution in [2.75, 3.05) is 6.61 Å². The van der Waals surface area contributed by atoms with Crippen LogP contribution in [0.5, 0.6) is 0 Å². The minimum Gasteiger partial charge on any atom is -0.367 e. The highest BCUT2D eigenvalue weighted by molar-refractivity contribution is 7.10. The lowest BCUT2D eigenvalue weighted by Crippen LogP contribution is -2.37. The van der Waals surface area contributed by atoms with E-state index >= 15 is 0 Å². The molecule has 0 bridgehead atoms. The smallest absolute Gasteiger partial charge is 0.195 e. The molecule has 0 aliphatic rings. The van der Waals surface area contributed by atoms with Crippen molar-refractivity contribution in [3.8, 4) is 0 Å². The van der Waals surface area contributed by atoms with Crippen LogP contribution in [0.25, 0.3) is 0 Å². The topological polar surface area (TPSA) is 26.3 Å². The standard InChI is InChI=1S/C12H18O2S/c1-5-12(4,14-6-2)11(13)10-7-9(3)15-8-10/h7-8H,5-6H2,1-4H3. The number of hydrogen-bond acceptors (Lipinski definition) is 3. The first kappa shape index (κ1) is 12.4. The summed E-state index contributed by atoms with van der Waals surface area (Å²) in [5.41, 5.74) is 0.109. The summed E-state index contributed by atoms with van der Waals surface area (Å²) in [4.78, 5) is 13.3. The van der Waals surface area contributed by atoms with Crippen molar-refractivity contribution in [3.05, 3.63) is 21.9 Å². The summed E-state index contributed by atoms with van der Waals surface area (Å²) in [5, 5.41) is 1.91. The summed E-state index contributed by atoms with van der Waals surface area (Å²) in [6, 6.07) is 1.93. The van der Waals surface area contributed by atoms with E-state index in [4.69, 9.17) is 4.74 Å². The molecule has 1 heterocycles. The van der Waals surface area contributed by atoms with Crippen LogP contribution in [-0.2, 0) is 4.74 Å². The minimum absolute atomic E-state index is 0.0937. The highest BCUT2D eigenvalue weighted by Crippen LogP contribution is 2.24. The van der Waals surface area contributed by atoms with E-state index in [1.807, 2.05) is 39.1 Å². The zero-order chi connectivity index (χ0) is 11.5. The van der Waals surface area contributed by atoms with Crippen LogP contribution in [0.3, 0.4) is 0 Å². The van der Waals surface area contributed by atoms with Crippen molar-refractivity contribution in [2.24, 2.45) is 0 Å². The third kappa shape index (κ3) is 2.67. The Bertz CT molecular complexity index is 343. The fraction of sp³-hybridized carbons (Fsp3) is 0.583. The fourth-order valence-corrected chi connectivity index (χ4v) is 2.20. The van der Waals surface area contributed by atoms with Gasteiger partial charge in [0, 0.05) is 22.4 Å². The molecule has 0 saturated heterocycles. The Balaban J connectivity index is 2.91. The second kappa shape index (κ2) is 4.90. The molecule has 0 amide bonds. The van der Waals surface area contributed by atoms with Crippen LogP contribution >= 0.6 is 11.3 Å². The van der Waals surface area contributed by atoms with Gasteiger partial charge in [-0.1, -0.05) is 6.92 Å².